The molecule has 0 amide bonds. The summed E-state index contributed by atoms with van der Waals surface area (Å²) in [5, 5.41) is 0. The van der Waals surface area contributed by atoms with Crippen LogP contribution in [-0.2, 0) is 0 Å². The minimum atomic E-state index is 1.25. The molecule has 0 heteroatoms. The van der Waals surface area contributed by atoms with Gasteiger partial charge in [-0.05, 0) is 0 Å². The summed E-state index contributed by atoms with van der Waals surface area (Å²) >= 11 is 0. The van der Waals surface area contributed by atoms with E-state index in [1.54, 1.807) is 0 Å². The van der Waals surface area contributed by atoms with Crippen molar-refractivity contribution in [3.8, 4) is 0 Å². The molecular formula is C16H42. The molecule has 0 aliphatic heterocycles. The largest absolute Gasteiger partial charge is 0.106 e. The topological polar surface area (TPSA) is 0 Å². The monoisotopic (exact) mass is 234 g/mol. The molecule has 0 aromatic heterocycles. The molecule has 0 unspecified atom stereocenters. The molecule has 0 N–H and O–H groups in total. The van der Waals surface area contributed by atoms with Crippen molar-refractivity contribution in [2.75, 3.05) is 0 Å². The lowest BCUT2D eigenvalue weighted by Gasteiger charge is -1.48. The second-order valence-corrected chi connectivity index (χ2v) is 2.83. The zero-order valence-corrected chi connectivity index (χ0v) is 14.2. The molecular weight excluding hydrogens is 192 g/mol. The van der Waals surface area contributed by atoms with Gasteiger partial charge in [-0.15, -0.1) is 13.2 Å². The van der Waals surface area contributed by atoms with Gasteiger partial charge in [-0.3, -0.25) is 0 Å². The molecule has 0 spiro atoms. The number of hydrogen-bond acceptors (Lipinski definition) is 0. The Bertz CT molecular complexity index is 15.2. The highest BCUT2D eigenvalue weighted by atomic mass is 13.4. The minimum absolute atomic E-state index is 1.25. The molecule has 0 saturated carbocycles. The van der Waals surface area contributed by atoms with E-state index < -0.39 is 0 Å². The van der Waals surface area contributed by atoms with Gasteiger partial charge in [-0.2, -0.15) is 0 Å². The molecule has 0 heterocycles. The second-order valence-electron chi connectivity index (χ2n) is 2.83. The molecule has 0 radical (unpaired) electrons. The van der Waals surface area contributed by atoms with E-state index in [9.17, 15) is 0 Å². The Morgan fingerprint density at radius 2 is 0.438 bits per heavy atom. The standard InChI is InChI=1S/4C3H8.C2H6.C2H4/c4*1-3-2;2*1-2/h4*3H2,1-2H3;1-2H3;1-2H2. The maximum absolute atomic E-state index is 3.00. The lowest BCUT2D eigenvalue weighted by atomic mass is 10.6. The highest BCUT2D eigenvalue weighted by Gasteiger charge is 1.36. The molecule has 0 nitrogen and oxygen atoms in total. The van der Waals surface area contributed by atoms with Crippen molar-refractivity contribution in [3.63, 3.8) is 0 Å². The third-order valence-corrected chi connectivity index (χ3v) is 0. The summed E-state index contributed by atoms with van der Waals surface area (Å²) < 4.78 is 0. The van der Waals surface area contributed by atoms with Crippen molar-refractivity contribution in [2.45, 2.75) is 94.9 Å². The van der Waals surface area contributed by atoms with Gasteiger partial charge in [0.15, 0.2) is 0 Å². The van der Waals surface area contributed by atoms with Crippen LogP contribution in [0.1, 0.15) is 94.9 Å². The SMILES string of the molecule is C=C.CC.CCC.CCC.CCC.CCC. The van der Waals surface area contributed by atoms with Gasteiger partial charge in [-0.25, -0.2) is 0 Å². The van der Waals surface area contributed by atoms with Crippen LogP contribution in [0.4, 0.5) is 0 Å². The van der Waals surface area contributed by atoms with E-state index in [1.165, 1.54) is 25.7 Å². The maximum Gasteiger partial charge on any atom is -0.0590 e. The van der Waals surface area contributed by atoms with Gasteiger partial charge in [-0.1, -0.05) is 94.9 Å². The Morgan fingerprint density at radius 1 is 0.438 bits per heavy atom. The van der Waals surface area contributed by atoms with Crippen LogP contribution in [0.25, 0.3) is 0 Å². The van der Waals surface area contributed by atoms with Crippen LogP contribution in [0, 0.1) is 0 Å². The van der Waals surface area contributed by atoms with E-state index in [4.69, 9.17) is 0 Å². The molecule has 16 heavy (non-hydrogen) atoms. The molecule has 0 aromatic rings. The fraction of sp³-hybridized carbons (Fsp3) is 0.875. The highest BCUT2D eigenvalue weighted by Crippen LogP contribution is 1.57. The summed E-state index contributed by atoms with van der Waals surface area (Å²) in [7, 11) is 0. The summed E-state index contributed by atoms with van der Waals surface area (Å²) in [6.07, 6.45) is 5.00. The molecule has 0 saturated heterocycles. The second kappa shape index (κ2) is 199. The van der Waals surface area contributed by atoms with E-state index in [0.29, 0.717) is 0 Å². The van der Waals surface area contributed by atoms with Crippen LogP contribution in [0.15, 0.2) is 13.2 Å². The average Bonchev–Trinajstić information content (AvgIpc) is 2.27. The predicted octanol–water partition coefficient (Wildman–Crippen LogP) is 7.49. The van der Waals surface area contributed by atoms with E-state index in [2.05, 4.69) is 68.5 Å². The third-order valence-electron chi connectivity index (χ3n) is 0. The van der Waals surface area contributed by atoms with Crippen molar-refractivity contribution in [1.82, 2.24) is 0 Å². The van der Waals surface area contributed by atoms with E-state index in [1.807, 2.05) is 13.8 Å². The normalized spacial score (nSPS) is 5.12. The molecule has 0 aliphatic rings. The highest BCUT2D eigenvalue weighted by molar-refractivity contribution is 4.22. The lowest BCUT2D eigenvalue weighted by molar-refractivity contribution is 1.09. The molecule has 0 rings (SSSR count). The Morgan fingerprint density at radius 3 is 0.438 bits per heavy atom. The van der Waals surface area contributed by atoms with Crippen molar-refractivity contribution in [1.29, 1.82) is 0 Å². The van der Waals surface area contributed by atoms with Gasteiger partial charge >= 0.3 is 0 Å². The Hall–Kier alpha value is -0.260. The zero-order chi connectivity index (χ0) is 14.8. The summed E-state index contributed by atoms with van der Waals surface area (Å²) in [5.74, 6) is 0. The first-order valence-electron chi connectivity index (χ1n) is 7.16. The van der Waals surface area contributed by atoms with Gasteiger partial charge < -0.3 is 0 Å². The fourth-order valence-electron chi connectivity index (χ4n) is 0. The summed E-state index contributed by atoms with van der Waals surface area (Å²) in [6, 6.07) is 0. The summed E-state index contributed by atoms with van der Waals surface area (Å²) in [5.41, 5.74) is 0. The molecule has 0 fully saturated rings. The van der Waals surface area contributed by atoms with Crippen LogP contribution in [-0.4, -0.2) is 0 Å². The third kappa shape index (κ3) is 33000. The van der Waals surface area contributed by atoms with Crippen LogP contribution >= 0.6 is 0 Å². The minimum Gasteiger partial charge on any atom is -0.106 e. The van der Waals surface area contributed by atoms with Crippen LogP contribution in [0.3, 0.4) is 0 Å². The molecule has 0 aliphatic carbocycles. The zero-order valence-electron chi connectivity index (χ0n) is 14.2. The Labute approximate surface area is 109 Å². The quantitative estimate of drug-likeness (QED) is 0.381. The smallest absolute Gasteiger partial charge is 0.0590 e. The Kier molecular flexibility index (Phi) is 448. The van der Waals surface area contributed by atoms with E-state index >= 15 is 0 Å². The van der Waals surface area contributed by atoms with Gasteiger partial charge in [0.1, 0.15) is 0 Å². The Balaban J connectivity index is -0.0000000190. The van der Waals surface area contributed by atoms with Crippen molar-refractivity contribution < 1.29 is 0 Å². The van der Waals surface area contributed by atoms with Gasteiger partial charge in [0.25, 0.3) is 0 Å². The average molecular weight is 235 g/mol. The first kappa shape index (κ1) is 36.0. The maximum atomic E-state index is 3.00. The lowest BCUT2D eigenvalue weighted by Crippen LogP contribution is -1.27. The first-order chi connectivity index (χ1) is 7.66. The molecule has 0 atom stereocenters. The summed E-state index contributed by atoms with van der Waals surface area (Å²) in [4.78, 5) is 0. The molecule has 0 aromatic carbocycles. The van der Waals surface area contributed by atoms with Crippen LogP contribution in [0.2, 0.25) is 0 Å². The van der Waals surface area contributed by atoms with Gasteiger partial charge in [0, 0.05) is 0 Å². The summed E-state index contributed by atoms with van der Waals surface area (Å²) in [6.45, 7) is 27.0. The van der Waals surface area contributed by atoms with Crippen LogP contribution < -0.4 is 0 Å². The van der Waals surface area contributed by atoms with E-state index in [-0.39, 0.29) is 0 Å². The van der Waals surface area contributed by atoms with Gasteiger partial charge in [0.2, 0.25) is 0 Å². The van der Waals surface area contributed by atoms with Crippen molar-refractivity contribution >= 4 is 0 Å². The first-order valence-corrected chi connectivity index (χ1v) is 7.16. The van der Waals surface area contributed by atoms with Crippen molar-refractivity contribution in [2.24, 2.45) is 0 Å². The predicted molar refractivity (Wildman–Crippen MR) is 86.5 cm³/mol. The van der Waals surface area contributed by atoms with Crippen LogP contribution in [0.5, 0.6) is 0 Å². The van der Waals surface area contributed by atoms with Gasteiger partial charge in [0.05, 0.1) is 0 Å². The number of hydrogen-bond donors (Lipinski definition) is 0. The molecule has 106 valence electrons. The van der Waals surface area contributed by atoms with E-state index in [0.717, 1.165) is 0 Å². The number of rotatable bonds is 0. The fourth-order valence-corrected chi connectivity index (χ4v) is 0. The molecule has 0 bridgehead atoms. The van der Waals surface area contributed by atoms with Crippen molar-refractivity contribution in [3.05, 3.63) is 13.2 Å².